The molecular weight excluding hydrogens is 238 g/mol. The molecule has 5 nitrogen and oxygen atoms in total. The highest BCUT2D eigenvalue weighted by Crippen LogP contribution is 2.16. The minimum Gasteiger partial charge on any atom is -0.304 e. The zero-order valence-electron chi connectivity index (χ0n) is 10.1. The first-order valence-electron chi connectivity index (χ1n) is 5.61. The molecule has 0 N–H and O–H groups in total. The third kappa shape index (κ3) is 2.65. The molecule has 0 unspecified atom stereocenters. The summed E-state index contributed by atoms with van der Waals surface area (Å²) >= 11 is 0. The van der Waals surface area contributed by atoms with E-state index in [0.29, 0.717) is 13.1 Å². The molecule has 17 heavy (non-hydrogen) atoms. The molecule has 1 saturated heterocycles. The van der Waals surface area contributed by atoms with Crippen LogP contribution in [0.4, 0.5) is 0 Å². The number of hydrogen-bond acceptors (Lipinski definition) is 4. The lowest BCUT2D eigenvalue weighted by Crippen LogP contribution is -2.47. The number of aromatic nitrogens is 1. The number of hydrogen-bond donors (Lipinski definition) is 0. The Labute approximate surface area is 102 Å². The van der Waals surface area contributed by atoms with Gasteiger partial charge in [0, 0.05) is 38.1 Å². The van der Waals surface area contributed by atoms with Gasteiger partial charge in [0.1, 0.15) is 4.90 Å². The van der Waals surface area contributed by atoms with Gasteiger partial charge in [-0.1, -0.05) is 0 Å². The molecule has 1 aliphatic rings. The van der Waals surface area contributed by atoms with Crippen LogP contribution in [0.25, 0.3) is 0 Å². The lowest BCUT2D eigenvalue weighted by atomic mass is 10.4. The molecule has 1 aliphatic heterocycles. The molecule has 2 heterocycles. The van der Waals surface area contributed by atoms with Crippen molar-refractivity contribution in [1.29, 1.82) is 0 Å². The van der Waals surface area contributed by atoms with Crippen LogP contribution in [0.2, 0.25) is 0 Å². The monoisotopic (exact) mass is 255 g/mol. The molecule has 6 heteroatoms. The Morgan fingerprint density at radius 2 is 1.82 bits per heavy atom. The third-order valence-corrected chi connectivity index (χ3v) is 4.87. The molecule has 0 spiro atoms. The maximum Gasteiger partial charge on any atom is 0.244 e. The summed E-state index contributed by atoms with van der Waals surface area (Å²) in [6.45, 7) is 4.49. The normalized spacial score (nSPS) is 19.4. The third-order valence-electron chi connectivity index (χ3n) is 2.98. The lowest BCUT2D eigenvalue weighted by molar-refractivity contribution is 0.222. The fourth-order valence-electron chi connectivity index (χ4n) is 1.78. The van der Waals surface area contributed by atoms with Crippen molar-refractivity contribution in [1.82, 2.24) is 14.2 Å². The van der Waals surface area contributed by atoms with E-state index in [4.69, 9.17) is 0 Å². The minimum atomic E-state index is -3.36. The van der Waals surface area contributed by atoms with Gasteiger partial charge in [-0.15, -0.1) is 0 Å². The van der Waals surface area contributed by atoms with E-state index >= 15 is 0 Å². The minimum absolute atomic E-state index is 0.285. The van der Waals surface area contributed by atoms with Gasteiger partial charge in [-0.05, 0) is 26.1 Å². The number of aryl methyl sites for hydroxylation is 1. The highest BCUT2D eigenvalue weighted by atomic mass is 32.2. The van der Waals surface area contributed by atoms with Gasteiger partial charge in [0.25, 0.3) is 0 Å². The Bertz CT molecular complexity index is 476. The second kappa shape index (κ2) is 4.72. The summed E-state index contributed by atoms with van der Waals surface area (Å²) in [6, 6.07) is 3.35. The van der Waals surface area contributed by atoms with E-state index in [0.717, 1.165) is 18.8 Å². The van der Waals surface area contributed by atoms with Gasteiger partial charge in [-0.3, -0.25) is 4.98 Å². The first-order chi connectivity index (χ1) is 8.00. The van der Waals surface area contributed by atoms with Gasteiger partial charge in [-0.2, -0.15) is 4.31 Å². The average Bonchev–Trinajstić information content (AvgIpc) is 2.30. The summed E-state index contributed by atoms with van der Waals surface area (Å²) in [7, 11) is -1.36. The van der Waals surface area contributed by atoms with Gasteiger partial charge in [0.15, 0.2) is 0 Å². The molecule has 1 fully saturated rings. The Morgan fingerprint density at radius 1 is 1.18 bits per heavy atom. The van der Waals surface area contributed by atoms with Crippen LogP contribution in [0.15, 0.2) is 23.2 Å². The molecule has 1 aromatic rings. The lowest BCUT2D eigenvalue weighted by Gasteiger charge is -2.31. The van der Waals surface area contributed by atoms with Gasteiger partial charge in [0.2, 0.25) is 10.0 Å². The first kappa shape index (κ1) is 12.5. The van der Waals surface area contributed by atoms with E-state index < -0.39 is 10.0 Å². The number of rotatable bonds is 2. The topological polar surface area (TPSA) is 53.5 Å². The van der Waals surface area contributed by atoms with Crippen molar-refractivity contribution in [3.63, 3.8) is 0 Å². The molecule has 0 aliphatic carbocycles. The molecule has 0 bridgehead atoms. The predicted molar refractivity (Wildman–Crippen MR) is 65.2 cm³/mol. The summed E-state index contributed by atoms with van der Waals surface area (Å²) in [5, 5.41) is 0. The van der Waals surface area contributed by atoms with Gasteiger partial charge in [0.05, 0.1) is 0 Å². The zero-order valence-corrected chi connectivity index (χ0v) is 10.9. The van der Waals surface area contributed by atoms with E-state index in [1.807, 2.05) is 14.0 Å². The fourth-order valence-corrected chi connectivity index (χ4v) is 3.15. The number of sulfonamides is 1. The summed E-state index contributed by atoms with van der Waals surface area (Å²) < 4.78 is 26.1. The van der Waals surface area contributed by atoms with E-state index in [-0.39, 0.29) is 4.90 Å². The summed E-state index contributed by atoms with van der Waals surface area (Å²) in [4.78, 5) is 6.45. The van der Waals surface area contributed by atoms with Gasteiger partial charge in [-0.25, -0.2) is 8.42 Å². The Balaban J connectivity index is 2.21. The van der Waals surface area contributed by atoms with Crippen molar-refractivity contribution in [2.24, 2.45) is 0 Å². The van der Waals surface area contributed by atoms with E-state index in [1.54, 1.807) is 12.1 Å². The van der Waals surface area contributed by atoms with Crippen molar-refractivity contribution in [2.45, 2.75) is 11.8 Å². The molecule has 0 amide bonds. The number of likely N-dealkylation sites (N-methyl/N-ethyl adjacent to an activating group) is 1. The largest absolute Gasteiger partial charge is 0.304 e. The number of nitrogens with zero attached hydrogens (tertiary/aromatic N) is 3. The number of piperazine rings is 1. The highest BCUT2D eigenvalue weighted by molar-refractivity contribution is 7.89. The van der Waals surface area contributed by atoms with Gasteiger partial charge < -0.3 is 4.90 Å². The quantitative estimate of drug-likeness (QED) is 0.764. The summed E-state index contributed by atoms with van der Waals surface area (Å²) in [5.74, 6) is 0. The first-order valence-corrected chi connectivity index (χ1v) is 7.05. The van der Waals surface area contributed by atoms with E-state index in [2.05, 4.69) is 9.88 Å². The van der Waals surface area contributed by atoms with Crippen molar-refractivity contribution in [3.8, 4) is 0 Å². The fraction of sp³-hybridized carbons (Fsp3) is 0.545. The van der Waals surface area contributed by atoms with Gasteiger partial charge >= 0.3 is 0 Å². The molecule has 0 aromatic carbocycles. The van der Waals surface area contributed by atoms with Crippen LogP contribution in [0.5, 0.6) is 0 Å². The van der Waals surface area contributed by atoms with Crippen LogP contribution < -0.4 is 0 Å². The molecule has 0 saturated carbocycles. The van der Waals surface area contributed by atoms with Crippen LogP contribution in [0.3, 0.4) is 0 Å². The van der Waals surface area contributed by atoms with Crippen molar-refractivity contribution in [3.05, 3.63) is 24.0 Å². The van der Waals surface area contributed by atoms with Crippen LogP contribution in [-0.4, -0.2) is 55.8 Å². The zero-order chi connectivity index (χ0) is 12.5. The Morgan fingerprint density at radius 3 is 2.35 bits per heavy atom. The second-order valence-corrected chi connectivity index (χ2v) is 6.28. The summed E-state index contributed by atoms with van der Waals surface area (Å²) in [6.07, 6.45) is 1.43. The maximum absolute atomic E-state index is 12.3. The van der Waals surface area contributed by atoms with E-state index in [1.165, 1.54) is 10.5 Å². The molecule has 0 atom stereocenters. The van der Waals surface area contributed by atoms with Crippen molar-refractivity contribution in [2.75, 3.05) is 33.2 Å². The van der Waals surface area contributed by atoms with Crippen molar-refractivity contribution >= 4 is 10.0 Å². The SMILES string of the molecule is Cc1ccc(S(=O)(=O)N2CCN(C)CC2)cn1. The maximum atomic E-state index is 12.3. The standard InChI is InChI=1S/C11H17N3O2S/c1-10-3-4-11(9-12-10)17(15,16)14-7-5-13(2)6-8-14/h3-4,9H,5-8H2,1-2H3. The molecular formula is C11H17N3O2S. The highest BCUT2D eigenvalue weighted by Gasteiger charge is 2.27. The Hall–Kier alpha value is -0.980. The second-order valence-electron chi connectivity index (χ2n) is 4.34. The predicted octanol–water partition coefficient (Wildman–Crippen LogP) is 0.326. The van der Waals surface area contributed by atoms with Crippen LogP contribution in [0, 0.1) is 6.92 Å². The molecule has 2 rings (SSSR count). The Kier molecular flexibility index (Phi) is 3.46. The number of pyridine rings is 1. The van der Waals surface area contributed by atoms with Crippen LogP contribution in [0.1, 0.15) is 5.69 Å². The van der Waals surface area contributed by atoms with E-state index in [9.17, 15) is 8.42 Å². The van der Waals surface area contributed by atoms with Crippen molar-refractivity contribution < 1.29 is 8.42 Å². The average molecular weight is 255 g/mol. The summed E-state index contributed by atoms with van der Waals surface area (Å²) in [5.41, 5.74) is 0.822. The smallest absolute Gasteiger partial charge is 0.244 e. The van der Waals surface area contributed by atoms with Crippen LogP contribution >= 0.6 is 0 Å². The molecule has 94 valence electrons. The molecule has 1 aromatic heterocycles. The van der Waals surface area contributed by atoms with Crippen LogP contribution in [-0.2, 0) is 10.0 Å². The molecule has 0 radical (unpaired) electrons.